The summed E-state index contributed by atoms with van der Waals surface area (Å²) in [7, 11) is 1.99. The fourth-order valence-corrected chi connectivity index (χ4v) is 5.19. The second-order valence-electron chi connectivity index (χ2n) is 12.0. The minimum absolute atomic E-state index is 0.332. The molecule has 1 atom stereocenters. The number of carbonyl (C=O) groups is 3. The van der Waals surface area contributed by atoms with Gasteiger partial charge in [-0.15, -0.1) is 0 Å². The van der Waals surface area contributed by atoms with Crippen LogP contribution in [-0.2, 0) is 32.7 Å². The van der Waals surface area contributed by atoms with Gasteiger partial charge in [-0.05, 0) is 30.9 Å². The van der Waals surface area contributed by atoms with Crippen molar-refractivity contribution in [3.8, 4) is 0 Å². The molecule has 3 N–H and O–H groups in total. The molecule has 0 radical (unpaired) electrons. The van der Waals surface area contributed by atoms with Crippen LogP contribution in [0.1, 0.15) is 30.1 Å². The number of nitrogens with zero attached hydrogens (tertiary/aromatic N) is 7. The number of anilines is 1. The number of carboxylic acids is 3. The number of fused-ring (bicyclic) bond motifs is 1. The molecule has 0 aromatic carbocycles. The molecule has 1 unspecified atom stereocenters. The fraction of sp³-hybridized carbons (Fsp3) is 0.567. The number of ether oxygens (including phenoxy) is 1. The van der Waals surface area contributed by atoms with Crippen LogP contribution in [0.4, 0.5) is 45.3 Å². The van der Waals surface area contributed by atoms with Gasteiger partial charge in [0.05, 0.1) is 31.1 Å². The Balaban J connectivity index is 0.000000296. The molecule has 2 saturated heterocycles. The number of imidazole rings is 1. The Morgan fingerprint density at radius 3 is 1.85 bits per heavy atom. The van der Waals surface area contributed by atoms with E-state index in [4.69, 9.17) is 39.4 Å². The normalized spacial score (nSPS) is 18.5. The maximum atomic E-state index is 10.6. The molecule has 5 heterocycles. The van der Waals surface area contributed by atoms with Crippen LogP contribution in [0, 0.1) is 5.92 Å². The number of rotatable bonds is 6. The van der Waals surface area contributed by atoms with Gasteiger partial charge in [-0.1, -0.05) is 6.07 Å². The molecule has 3 aromatic heterocycles. The lowest BCUT2D eigenvalue weighted by atomic mass is 10.1. The van der Waals surface area contributed by atoms with Gasteiger partial charge in [-0.3, -0.25) is 18.9 Å². The van der Waals surface area contributed by atoms with Crippen molar-refractivity contribution in [2.24, 2.45) is 13.0 Å². The van der Waals surface area contributed by atoms with Gasteiger partial charge < -0.3 is 25.0 Å². The van der Waals surface area contributed by atoms with E-state index >= 15 is 0 Å². The molecular weight excluding hydrogens is 741 g/mol. The number of aromatic nitrogens is 4. The highest BCUT2D eigenvalue weighted by Crippen LogP contribution is 2.35. The third kappa shape index (κ3) is 13.7. The van der Waals surface area contributed by atoms with E-state index < -0.39 is 36.4 Å². The molecule has 3 fully saturated rings. The van der Waals surface area contributed by atoms with E-state index in [0.29, 0.717) is 6.04 Å². The van der Waals surface area contributed by atoms with E-state index in [2.05, 4.69) is 54.8 Å². The van der Waals surface area contributed by atoms with Crippen LogP contribution >= 0.6 is 0 Å². The van der Waals surface area contributed by atoms with Crippen molar-refractivity contribution in [1.29, 1.82) is 0 Å². The summed E-state index contributed by atoms with van der Waals surface area (Å²) in [5.74, 6) is -6.17. The predicted octanol–water partition coefficient (Wildman–Crippen LogP) is 4.07. The van der Waals surface area contributed by atoms with Crippen LogP contribution in [0.25, 0.3) is 5.65 Å². The molecule has 0 spiro atoms. The summed E-state index contributed by atoms with van der Waals surface area (Å²) in [5.41, 5.74) is 3.52. The highest BCUT2D eigenvalue weighted by Gasteiger charge is 2.39. The maximum absolute atomic E-state index is 10.6. The second kappa shape index (κ2) is 17.9. The van der Waals surface area contributed by atoms with Crippen molar-refractivity contribution in [1.82, 2.24) is 29.0 Å². The summed E-state index contributed by atoms with van der Waals surface area (Å²) in [6, 6.07) is 6.81. The van der Waals surface area contributed by atoms with Gasteiger partial charge >= 0.3 is 36.4 Å². The number of pyridine rings is 1. The number of aliphatic carboxylic acids is 3. The van der Waals surface area contributed by atoms with Gasteiger partial charge in [-0.2, -0.15) is 44.6 Å². The molecule has 296 valence electrons. The summed E-state index contributed by atoms with van der Waals surface area (Å²) in [5, 5.41) is 25.7. The van der Waals surface area contributed by atoms with Gasteiger partial charge in [0.1, 0.15) is 11.5 Å². The minimum atomic E-state index is -5.08. The Labute approximate surface area is 294 Å². The SMILES string of the molecule is Cn1cc(CN2CCN(CC3CC3)C(c3cn4c(N5CCOCC5)cccc4n3)C2)cn1.O=C(O)C(F)(F)F.O=C(O)C(F)(F)F.O=C(O)C(F)(F)F. The van der Waals surface area contributed by atoms with E-state index in [9.17, 15) is 39.5 Å². The summed E-state index contributed by atoms with van der Waals surface area (Å²) in [4.78, 5) is 39.5. The Morgan fingerprint density at radius 1 is 0.830 bits per heavy atom. The molecule has 6 rings (SSSR count). The van der Waals surface area contributed by atoms with Crippen molar-refractivity contribution in [2.45, 2.75) is 44.0 Å². The lowest BCUT2D eigenvalue weighted by Crippen LogP contribution is -2.48. The Hall–Kier alpha value is -4.64. The van der Waals surface area contributed by atoms with E-state index in [0.717, 1.165) is 64.0 Å². The van der Waals surface area contributed by atoms with Crippen molar-refractivity contribution in [2.75, 3.05) is 57.4 Å². The van der Waals surface area contributed by atoms with E-state index in [1.54, 1.807) is 0 Å². The van der Waals surface area contributed by atoms with E-state index in [-0.39, 0.29) is 0 Å². The zero-order valence-electron chi connectivity index (χ0n) is 27.9. The van der Waals surface area contributed by atoms with E-state index in [1.165, 1.54) is 36.5 Å². The maximum Gasteiger partial charge on any atom is 0.490 e. The molecule has 1 aliphatic carbocycles. The van der Waals surface area contributed by atoms with Crippen LogP contribution < -0.4 is 4.90 Å². The van der Waals surface area contributed by atoms with Crippen LogP contribution in [-0.4, -0.2) is 133 Å². The van der Waals surface area contributed by atoms with Crippen molar-refractivity contribution >= 4 is 29.4 Å². The molecule has 23 heteroatoms. The van der Waals surface area contributed by atoms with Crippen LogP contribution in [0.2, 0.25) is 0 Å². The summed E-state index contributed by atoms with van der Waals surface area (Å²) < 4.78 is 105. The molecule has 0 bridgehead atoms. The first-order valence-corrected chi connectivity index (χ1v) is 15.7. The first-order valence-electron chi connectivity index (χ1n) is 15.7. The van der Waals surface area contributed by atoms with Crippen molar-refractivity contribution in [3.63, 3.8) is 0 Å². The Bertz CT molecular complexity index is 1610. The first kappa shape index (κ1) is 42.8. The Morgan fingerprint density at radius 2 is 1.38 bits per heavy atom. The topological polar surface area (TPSA) is 166 Å². The molecule has 2 aliphatic heterocycles. The summed E-state index contributed by atoms with van der Waals surface area (Å²) in [6.07, 6.45) is -6.07. The number of hydrogen-bond donors (Lipinski definition) is 3. The van der Waals surface area contributed by atoms with Crippen molar-refractivity contribution < 1.29 is 74.0 Å². The summed E-state index contributed by atoms with van der Waals surface area (Å²) in [6.45, 7) is 8.82. The number of halogens is 9. The number of hydrogen-bond acceptors (Lipinski definition) is 9. The van der Waals surface area contributed by atoms with Crippen LogP contribution in [0.5, 0.6) is 0 Å². The molecule has 3 aromatic rings. The van der Waals surface area contributed by atoms with Gasteiger partial charge in [0, 0.05) is 70.8 Å². The molecule has 3 aliphatic rings. The smallest absolute Gasteiger partial charge is 0.475 e. The molecular formula is C30H36F9N7O7. The van der Waals surface area contributed by atoms with Gasteiger partial charge in [-0.25, -0.2) is 19.4 Å². The minimum Gasteiger partial charge on any atom is -0.475 e. The predicted molar refractivity (Wildman–Crippen MR) is 165 cm³/mol. The lowest BCUT2D eigenvalue weighted by Gasteiger charge is -2.40. The standard InChI is InChI=1S/C24H33N7O.3C2HF3O2/c1-27-14-20(13-25-27)15-28-7-8-30(16-19-5-6-19)22(18-28)21-17-31-23(26-21)3-2-4-24(31)29-9-11-32-12-10-29;3*3-2(4,5)1(6)7/h2-4,13-14,17,19,22H,5-12,15-16,18H2,1H3;3*(H,6,7). The molecule has 1 saturated carbocycles. The number of alkyl halides is 9. The highest BCUT2D eigenvalue weighted by molar-refractivity contribution is 5.73. The van der Waals surface area contributed by atoms with Gasteiger partial charge in [0.2, 0.25) is 0 Å². The molecule has 0 amide bonds. The zero-order valence-corrected chi connectivity index (χ0v) is 27.9. The van der Waals surface area contributed by atoms with E-state index in [1.807, 2.05) is 17.9 Å². The third-order valence-corrected chi connectivity index (χ3v) is 7.82. The first-order chi connectivity index (χ1) is 24.6. The van der Waals surface area contributed by atoms with Crippen LogP contribution in [0.15, 0.2) is 36.8 Å². The number of aryl methyl sites for hydroxylation is 1. The van der Waals surface area contributed by atoms with Crippen LogP contribution in [0.3, 0.4) is 0 Å². The van der Waals surface area contributed by atoms with Gasteiger partial charge in [0.25, 0.3) is 0 Å². The second-order valence-corrected chi connectivity index (χ2v) is 12.0. The monoisotopic (exact) mass is 777 g/mol. The number of piperazine rings is 1. The lowest BCUT2D eigenvalue weighted by molar-refractivity contribution is -0.193. The number of morpholine rings is 1. The quantitative estimate of drug-likeness (QED) is 0.308. The summed E-state index contributed by atoms with van der Waals surface area (Å²) >= 11 is 0. The highest BCUT2D eigenvalue weighted by atomic mass is 19.4. The molecule has 14 nitrogen and oxygen atoms in total. The Kier molecular flexibility index (Phi) is 14.5. The zero-order chi connectivity index (χ0) is 39.7. The average molecular weight is 778 g/mol. The largest absolute Gasteiger partial charge is 0.490 e. The third-order valence-electron chi connectivity index (χ3n) is 7.82. The van der Waals surface area contributed by atoms with Crippen molar-refractivity contribution in [3.05, 3.63) is 48.0 Å². The van der Waals surface area contributed by atoms with Gasteiger partial charge in [0.15, 0.2) is 0 Å². The average Bonchev–Trinajstić information content (AvgIpc) is 3.62. The number of carboxylic acid groups (broad SMARTS) is 3. The fourth-order valence-electron chi connectivity index (χ4n) is 5.19. The molecule has 53 heavy (non-hydrogen) atoms.